The van der Waals surface area contributed by atoms with Gasteiger partial charge >= 0.3 is 11.9 Å². The summed E-state index contributed by atoms with van der Waals surface area (Å²) in [7, 11) is -3.56. The van der Waals surface area contributed by atoms with E-state index in [1.54, 1.807) is 13.8 Å². The average Bonchev–Trinajstić information content (AvgIpc) is 3.43. The molecule has 0 N–H and O–H groups in total. The maximum atomic E-state index is 16.0. The van der Waals surface area contributed by atoms with E-state index in [1.165, 1.54) is 0 Å². The van der Waals surface area contributed by atoms with Crippen LogP contribution >= 0.6 is 7.14 Å². The minimum atomic E-state index is -3.56. The van der Waals surface area contributed by atoms with Crippen LogP contribution in [0.25, 0.3) is 11.4 Å². The Hall–Kier alpha value is -4.47. The number of rotatable bonds is 9. The third kappa shape index (κ3) is 5.91. The molecule has 1 aliphatic rings. The molecule has 4 aromatic carbocycles. The lowest BCUT2D eigenvalue weighted by atomic mass is 9.85. The van der Waals surface area contributed by atoms with Gasteiger partial charge in [-0.1, -0.05) is 127 Å². The third-order valence-electron chi connectivity index (χ3n) is 7.72. The van der Waals surface area contributed by atoms with E-state index in [-0.39, 0.29) is 26.1 Å². The predicted octanol–water partition coefficient (Wildman–Crippen LogP) is 7.40. The molecule has 1 aliphatic carbocycles. The van der Waals surface area contributed by atoms with Crippen molar-refractivity contribution in [3.8, 4) is 0 Å². The lowest BCUT2D eigenvalue weighted by Crippen LogP contribution is -2.40. The molecule has 5 nitrogen and oxygen atoms in total. The summed E-state index contributed by atoms with van der Waals surface area (Å²) in [6.07, 6.45) is 2.05. The fourth-order valence-electron chi connectivity index (χ4n) is 5.77. The zero-order valence-electron chi connectivity index (χ0n) is 24.4. The van der Waals surface area contributed by atoms with E-state index in [0.717, 1.165) is 16.7 Å². The number of allylic oxidation sites excluding steroid dienone is 2. The van der Waals surface area contributed by atoms with Crippen LogP contribution in [-0.2, 0) is 23.6 Å². The maximum absolute atomic E-state index is 16.0. The Bertz CT molecular complexity index is 1620. The van der Waals surface area contributed by atoms with Gasteiger partial charge in [0.25, 0.3) is 0 Å². The first-order valence-electron chi connectivity index (χ1n) is 14.5. The van der Waals surface area contributed by atoms with Crippen LogP contribution in [0.1, 0.15) is 37.8 Å². The Labute approximate surface area is 253 Å². The number of hydrogen-bond donors (Lipinski definition) is 0. The summed E-state index contributed by atoms with van der Waals surface area (Å²) in [4.78, 5) is 27.5. The summed E-state index contributed by atoms with van der Waals surface area (Å²) in [6.45, 7) is 3.68. The summed E-state index contributed by atoms with van der Waals surface area (Å²) in [5.74, 6) is -1.27. The summed E-state index contributed by atoms with van der Waals surface area (Å²) in [5, 5.41) is 1.93. The van der Waals surface area contributed by atoms with Crippen LogP contribution < -0.4 is 10.6 Å². The van der Waals surface area contributed by atoms with Crippen LogP contribution in [0, 0.1) is 5.41 Å². The summed E-state index contributed by atoms with van der Waals surface area (Å²) >= 11 is 0. The average molecular weight is 591 g/mol. The highest BCUT2D eigenvalue weighted by molar-refractivity contribution is 7.87. The molecule has 0 aromatic heterocycles. The summed E-state index contributed by atoms with van der Waals surface area (Å²) in [6, 6.07) is 38.2. The molecule has 0 amide bonds. The molecule has 43 heavy (non-hydrogen) atoms. The van der Waals surface area contributed by atoms with Crippen molar-refractivity contribution in [3.05, 3.63) is 144 Å². The molecule has 218 valence electrons. The molecule has 4 aromatic rings. The number of carbonyl (C=O) groups is 2. The molecule has 0 radical (unpaired) electrons. The predicted molar refractivity (Wildman–Crippen MR) is 172 cm³/mol. The molecule has 6 heteroatoms. The van der Waals surface area contributed by atoms with Gasteiger partial charge in [-0.3, -0.25) is 9.59 Å². The van der Waals surface area contributed by atoms with Gasteiger partial charge in [0.1, 0.15) is 0 Å². The van der Waals surface area contributed by atoms with Crippen LogP contribution in [0.4, 0.5) is 0 Å². The first-order chi connectivity index (χ1) is 20.9. The van der Waals surface area contributed by atoms with Crippen LogP contribution in [0.5, 0.6) is 0 Å². The van der Waals surface area contributed by atoms with Crippen LogP contribution in [0.15, 0.2) is 132 Å². The summed E-state index contributed by atoms with van der Waals surface area (Å²) < 4.78 is 27.0. The van der Waals surface area contributed by atoms with Crippen molar-refractivity contribution in [2.24, 2.45) is 5.41 Å². The second-order valence-electron chi connectivity index (χ2n) is 10.4. The third-order valence-corrected chi connectivity index (χ3v) is 10.9. The molecule has 0 bridgehead atoms. The lowest BCUT2D eigenvalue weighted by Gasteiger charge is -2.27. The van der Waals surface area contributed by atoms with E-state index in [2.05, 4.69) is 0 Å². The highest BCUT2D eigenvalue weighted by Gasteiger charge is 2.56. The Kier molecular flexibility index (Phi) is 9.23. The van der Waals surface area contributed by atoms with Crippen molar-refractivity contribution in [2.45, 2.75) is 26.7 Å². The van der Waals surface area contributed by atoms with Crippen molar-refractivity contribution in [1.29, 1.82) is 0 Å². The first kappa shape index (κ1) is 30.0. The van der Waals surface area contributed by atoms with Crippen molar-refractivity contribution in [1.82, 2.24) is 0 Å². The second kappa shape index (κ2) is 13.2. The molecular formula is C37H35O5P. The van der Waals surface area contributed by atoms with Crippen molar-refractivity contribution in [2.75, 3.05) is 13.2 Å². The van der Waals surface area contributed by atoms with E-state index in [4.69, 9.17) is 9.47 Å². The van der Waals surface area contributed by atoms with E-state index in [9.17, 15) is 9.59 Å². The molecule has 1 saturated carbocycles. The Balaban J connectivity index is 1.91. The van der Waals surface area contributed by atoms with E-state index in [0.29, 0.717) is 21.5 Å². The monoisotopic (exact) mass is 590 g/mol. The number of benzene rings is 4. The summed E-state index contributed by atoms with van der Waals surface area (Å²) in [5.41, 5.74) is 1.49. The van der Waals surface area contributed by atoms with E-state index >= 15 is 4.57 Å². The Morgan fingerprint density at radius 2 is 1.12 bits per heavy atom. The minimum Gasteiger partial charge on any atom is -0.465 e. The molecule has 0 saturated heterocycles. The van der Waals surface area contributed by atoms with Gasteiger partial charge in [-0.15, -0.1) is 0 Å². The van der Waals surface area contributed by atoms with Gasteiger partial charge in [0.15, 0.2) is 12.6 Å². The highest BCUT2D eigenvalue weighted by atomic mass is 31.2. The molecule has 0 unspecified atom stereocenters. The number of hydrogen-bond acceptors (Lipinski definition) is 5. The number of ether oxygens (including phenoxy) is 2. The molecule has 0 atom stereocenters. The quantitative estimate of drug-likeness (QED) is 0.115. The van der Waals surface area contributed by atoms with Crippen molar-refractivity contribution < 1.29 is 23.6 Å². The van der Waals surface area contributed by atoms with Gasteiger partial charge in [-0.25, -0.2) is 0 Å². The van der Waals surface area contributed by atoms with Crippen molar-refractivity contribution >= 4 is 41.1 Å². The topological polar surface area (TPSA) is 69.7 Å². The number of carbonyl (C=O) groups excluding carboxylic acids is 2. The van der Waals surface area contributed by atoms with Gasteiger partial charge in [-0.2, -0.15) is 0 Å². The molecule has 0 spiro atoms. The van der Waals surface area contributed by atoms with Gasteiger partial charge in [0, 0.05) is 22.3 Å². The van der Waals surface area contributed by atoms with Crippen molar-refractivity contribution in [3.63, 3.8) is 0 Å². The largest absolute Gasteiger partial charge is 0.465 e. The molecule has 0 heterocycles. The normalized spacial score (nSPS) is 16.5. The standard InChI is InChI=1S/C37H35O5P/c1-3-41-35(38)37(36(39)42-4-2)26-30(25-28-17-9-5-10-18-28)33(27-37)34(29-19-11-6-12-20-29)43(40,31-21-13-7-14-22-31)32-23-15-8-16-24-32/h5-25H,3-4,26-27H2,1-2H3/b30-25+,34-33+. The van der Waals surface area contributed by atoms with Crippen LogP contribution in [0.2, 0.25) is 0 Å². The van der Waals surface area contributed by atoms with Gasteiger partial charge in [-0.05, 0) is 42.5 Å². The molecular weight excluding hydrogens is 555 g/mol. The zero-order chi connectivity index (χ0) is 30.3. The van der Waals surface area contributed by atoms with Gasteiger partial charge in [0.2, 0.25) is 0 Å². The number of esters is 2. The molecule has 1 fully saturated rings. The first-order valence-corrected chi connectivity index (χ1v) is 16.3. The zero-order valence-corrected chi connectivity index (χ0v) is 25.3. The molecule has 5 rings (SSSR count). The SMILES string of the molecule is CCOC(=O)C1(C(=O)OCC)CC(=C\c2ccccc2)/C(=C(\c2ccccc2)P(=O)(c2ccccc2)c2ccccc2)C1. The van der Waals surface area contributed by atoms with Crippen LogP contribution in [-0.4, -0.2) is 25.2 Å². The smallest absolute Gasteiger partial charge is 0.324 e. The van der Waals surface area contributed by atoms with E-state index < -0.39 is 24.5 Å². The Morgan fingerprint density at radius 3 is 1.58 bits per heavy atom. The Morgan fingerprint density at radius 1 is 0.674 bits per heavy atom. The minimum absolute atomic E-state index is 0.00276. The van der Waals surface area contributed by atoms with E-state index in [1.807, 2.05) is 127 Å². The second-order valence-corrected chi connectivity index (χ2v) is 13.1. The van der Waals surface area contributed by atoms with Crippen LogP contribution in [0.3, 0.4) is 0 Å². The fourth-order valence-corrected chi connectivity index (χ4v) is 8.88. The van der Waals surface area contributed by atoms with Gasteiger partial charge < -0.3 is 14.0 Å². The maximum Gasteiger partial charge on any atom is 0.324 e. The fraction of sp³-hybridized carbons (Fsp3) is 0.189. The van der Waals surface area contributed by atoms with Gasteiger partial charge in [0.05, 0.1) is 13.2 Å². The lowest BCUT2D eigenvalue weighted by molar-refractivity contribution is -0.171. The molecule has 0 aliphatic heterocycles. The highest BCUT2D eigenvalue weighted by Crippen LogP contribution is 2.62.